The molecule has 1 aliphatic heterocycles. The normalized spacial score (nSPS) is 22.5. The lowest BCUT2D eigenvalue weighted by atomic mass is 10.3. The molecule has 0 aliphatic carbocycles. The number of pyridine rings is 1. The first kappa shape index (κ1) is 7.55. The van der Waals surface area contributed by atoms with Crippen molar-refractivity contribution in [2.75, 3.05) is 13.1 Å². The predicted octanol–water partition coefficient (Wildman–Crippen LogP) is 0.822. The fraction of sp³-hybridized carbons (Fsp3) is 0.444. The quantitative estimate of drug-likeness (QED) is 0.702. The van der Waals surface area contributed by atoms with Gasteiger partial charge in [0.1, 0.15) is 6.10 Å². The first-order chi connectivity index (χ1) is 5.95. The monoisotopic (exact) mass is 164 g/mol. The Hall–Kier alpha value is -1.09. The van der Waals surface area contributed by atoms with Crippen molar-refractivity contribution in [3.63, 3.8) is 0 Å². The van der Waals surface area contributed by atoms with Crippen molar-refractivity contribution in [2.45, 2.75) is 12.5 Å². The Morgan fingerprint density at radius 2 is 2.50 bits per heavy atom. The summed E-state index contributed by atoms with van der Waals surface area (Å²) < 4.78 is 5.60. The van der Waals surface area contributed by atoms with Gasteiger partial charge >= 0.3 is 0 Å². The summed E-state index contributed by atoms with van der Waals surface area (Å²) in [5.41, 5.74) is 0. The fourth-order valence-corrected chi connectivity index (χ4v) is 1.32. The molecule has 1 aromatic rings. The number of hydrogen-bond donors (Lipinski definition) is 1. The van der Waals surface area contributed by atoms with E-state index in [4.69, 9.17) is 4.74 Å². The van der Waals surface area contributed by atoms with E-state index in [-0.39, 0.29) is 0 Å². The van der Waals surface area contributed by atoms with Crippen LogP contribution in [-0.4, -0.2) is 24.2 Å². The Labute approximate surface area is 71.8 Å². The van der Waals surface area contributed by atoms with Crippen LogP contribution in [0, 0.1) is 0 Å². The van der Waals surface area contributed by atoms with Crippen molar-refractivity contribution in [3.05, 3.63) is 24.4 Å². The van der Waals surface area contributed by atoms with Gasteiger partial charge in [-0.25, -0.2) is 4.98 Å². The highest BCUT2D eigenvalue weighted by atomic mass is 16.5. The smallest absolute Gasteiger partial charge is 0.213 e. The zero-order valence-electron chi connectivity index (χ0n) is 6.86. The first-order valence-electron chi connectivity index (χ1n) is 4.23. The highest BCUT2D eigenvalue weighted by Crippen LogP contribution is 2.10. The Morgan fingerprint density at radius 1 is 1.50 bits per heavy atom. The van der Waals surface area contributed by atoms with Crippen molar-refractivity contribution < 1.29 is 4.74 Å². The summed E-state index contributed by atoms with van der Waals surface area (Å²) in [5.74, 6) is 0.728. The molecule has 64 valence electrons. The summed E-state index contributed by atoms with van der Waals surface area (Å²) in [6.45, 7) is 1.99. The van der Waals surface area contributed by atoms with Gasteiger partial charge in [0.05, 0.1) is 0 Å². The van der Waals surface area contributed by atoms with Crippen LogP contribution in [0.3, 0.4) is 0 Å². The molecule has 0 unspecified atom stereocenters. The van der Waals surface area contributed by atoms with Gasteiger partial charge in [-0.2, -0.15) is 0 Å². The van der Waals surface area contributed by atoms with E-state index in [0.717, 1.165) is 25.4 Å². The molecule has 3 nitrogen and oxygen atoms in total. The van der Waals surface area contributed by atoms with E-state index in [1.54, 1.807) is 6.20 Å². The number of nitrogens with one attached hydrogen (secondary N) is 1. The summed E-state index contributed by atoms with van der Waals surface area (Å²) in [4.78, 5) is 4.09. The second kappa shape index (κ2) is 3.54. The summed E-state index contributed by atoms with van der Waals surface area (Å²) >= 11 is 0. The van der Waals surface area contributed by atoms with Gasteiger partial charge in [0.15, 0.2) is 0 Å². The van der Waals surface area contributed by atoms with Gasteiger partial charge in [0.2, 0.25) is 5.88 Å². The molecule has 1 atom stereocenters. The van der Waals surface area contributed by atoms with Gasteiger partial charge in [-0.1, -0.05) is 6.07 Å². The molecule has 0 saturated carbocycles. The van der Waals surface area contributed by atoms with Crippen LogP contribution in [0.2, 0.25) is 0 Å². The third-order valence-corrected chi connectivity index (χ3v) is 1.94. The van der Waals surface area contributed by atoms with E-state index in [9.17, 15) is 0 Å². The van der Waals surface area contributed by atoms with Gasteiger partial charge in [-0.05, 0) is 19.0 Å². The molecule has 0 bridgehead atoms. The van der Waals surface area contributed by atoms with Gasteiger partial charge < -0.3 is 10.1 Å². The van der Waals surface area contributed by atoms with Crippen molar-refractivity contribution in [1.29, 1.82) is 0 Å². The van der Waals surface area contributed by atoms with Crippen molar-refractivity contribution >= 4 is 0 Å². The van der Waals surface area contributed by atoms with Crippen LogP contribution in [0.15, 0.2) is 24.4 Å². The average molecular weight is 164 g/mol. The van der Waals surface area contributed by atoms with Crippen molar-refractivity contribution in [3.8, 4) is 5.88 Å². The zero-order valence-corrected chi connectivity index (χ0v) is 6.86. The highest BCUT2D eigenvalue weighted by Gasteiger charge is 2.15. The molecule has 0 spiro atoms. The molecule has 0 aromatic carbocycles. The molecule has 1 N–H and O–H groups in total. The molecule has 1 saturated heterocycles. The van der Waals surface area contributed by atoms with Crippen LogP contribution >= 0.6 is 0 Å². The Morgan fingerprint density at radius 3 is 3.17 bits per heavy atom. The predicted molar refractivity (Wildman–Crippen MR) is 46.1 cm³/mol. The Bertz CT molecular complexity index is 232. The Balaban J connectivity index is 1.94. The minimum Gasteiger partial charge on any atom is -0.473 e. The third kappa shape index (κ3) is 1.74. The van der Waals surface area contributed by atoms with E-state index in [0.29, 0.717) is 6.10 Å². The minimum atomic E-state index is 0.305. The second-order valence-corrected chi connectivity index (χ2v) is 2.90. The maximum absolute atomic E-state index is 5.60. The van der Waals surface area contributed by atoms with E-state index < -0.39 is 0 Å². The van der Waals surface area contributed by atoms with Gasteiger partial charge in [0, 0.05) is 18.8 Å². The van der Waals surface area contributed by atoms with Crippen LogP contribution in [-0.2, 0) is 0 Å². The second-order valence-electron chi connectivity index (χ2n) is 2.90. The maximum atomic E-state index is 5.60. The topological polar surface area (TPSA) is 34.1 Å². The number of ether oxygens (including phenoxy) is 1. The molecule has 1 aromatic heterocycles. The lowest BCUT2D eigenvalue weighted by Crippen LogP contribution is -2.19. The largest absolute Gasteiger partial charge is 0.473 e. The molecule has 2 heterocycles. The maximum Gasteiger partial charge on any atom is 0.213 e. The third-order valence-electron chi connectivity index (χ3n) is 1.94. The minimum absolute atomic E-state index is 0.305. The first-order valence-corrected chi connectivity index (χ1v) is 4.23. The van der Waals surface area contributed by atoms with Gasteiger partial charge in [0.25, 0.3) is 0 Å². The number of rotatable bonds is 2. The van der Waals surface area contributed by atoms with E-state index in [1.165, 1.54) is 0 Å². The molecule has 0 radical (unpaired) electrons. The molecule has 1 aliphatic rings. The summed E-state index contributed by atoms with van der Waals surface area (Å²) in [5, 5.41) is 3.24. The lowest BCUT2D eigenvalue weighted by Gasteiger charge is -2.10. The standard InChI is InChI=1S/C9H12N2O/c1-2-5-11-9(3-1)12-8-4-6-10-7-8/h1-3,5,8,10H,4,6-7H2/t8-/m1/s1. The van der Waals surface area contributed by atoms with Crippen molar-refractivity contribution in [2.24, 2.45) is 0 Å². The zero-order chi connectivity index (χ0) is 8.23. The van der Waals surface area contributed by atoms with Gasteiger partial charge in [-0.3, -0.25) is 0 Å². The average Bonchev–Trinajstić information content (AvgIpc) is 2.59. The number of aromatic nitrogens is 1. The van der Waals surface area contributed by atoms with Crippen LogP contribution in [0.4, 0.5) is 0 Å². The summed E-state index contributed by atoms with van der Waals surface area (Å²) in [6, 6.07) is 5.71. The SMILES string of the molecule is c1ccc(O[C@@H]2CCNC2)nc1. The van der Waals surface area contributed by atoms with E-state index in [2.05, 4.69) is 10.3 Å². The highest BCUT2D eigenvalue weighted by molar-refractivity contribution is 5.09. The molecular weight excluding hydrogens is 152 g/mol. The fourth-order valence-electron chi connectivity index (χ4n) is 1.32. The van der Waals surface area contributed by atoms with E-state index >= 15 is 0 Å². The van der Waals surface area contributed by atoms with Crippen LogP contribution in [0.25, 0.3) is 0 Å². The number of nitrogens with zero attached hydrogens (tertiary/aromatic N) is 1. The summed E-state index contributed by atoms with van der Waals surface area (Å²) in [6.07, 6.45) is 3.13. The van der Waals surface area contributed by atoms with Crippen LogP contribution in [0.5, 0.6) is 5.88 Å². The molecule has 2 rings (SSSR count). The van der Waals surface area contributed by atoms with E-state index in [1.807, 2.05) is 18.2 Å². The van der Waals surface area contributed by atoms with Crippen LogP contribution in [0.1, 0.15) is 6.42 Å². The number of hydrogen-bond acceptors (Lipinski definition) is 3. The Kier molecular flexibility index (Phi) is 2.23. The molecular formula is C9H12N2O. The molecule has 3 heteroatoms. The molecule has 12 heavy (non-hydrogen) atoms. The molecule has 1 fully saturated rings. The van der Waals surface area contributed by atoms with Crippen molar-refractivity contribution in [1.82, 2.24) is 10.3 Å². The van der Waals surface area contributed by atoms with Crippen LogP contribution < -0.4 is 10.1 Å². The lowest BCUT2D eigenvalue weighted by molar-refractivity contribution is 0.214. The van der Waals surface area contributed by atoms with Gasteiger partial charge in [-0.15, -0.1) is 0 Å². The summed E-state index contributed by atoms with van der Waals surface area (Å²) in [7, 11) is 0. The molecule has 0 amide bonds.